The molecule has 0 saturated heterocycles. The zero-order valence-electron chi connectivity index (χ0n) is 13.0. The summed E-state index contributed by atoms with van der Waals surface area (Å²) >= 11 is 0. The van der Waals surface area contributed by atoms with Crippen molar-refractivity contribution in [1.29, 1.82) is 0 Å². The molecule has 116 valence electrons. The van der Waals surface area contributed by atoms with Crippen molar-refractivity contribution in [1.82, 2.24) is 0 Å². The Morgan fingerprint density at radius 1 is 1.33 bits per heavy atom. The summed E-state index contributed by atoms with van der Waals surface area (Å²) in [5.74, 6) is -0.129. The monoisotopic (exact) mass is 290 g/mol. The lowest BCUT2D eigenvalue weighted by Crippen LogP contribution is -2.20. The third kappa shape index (κ3) is 6.13. The molecule has 3 heteroatoms. The van der Waals surface area contributed by atoms with Gasteiger partial charge in [-0.1, -0.05) is 43.9 Å². The topological polar surface area (TPSA) is 46.5 Å². The van der Waals surface area contributed by atoms with Crippen molar-refractivity contribution in [2.24, 2.45) is 11.8 Å². The molecule has 21 heavy (non-hydrogen) atoms. The predicted molar refractivity (Wildman–Crippen MR) is 85.7 cm³/mol. The molecule has 0 aromatic rings. The Morgan fingerprint density at radius 3 is 2.71 bits per heavy atom. The van der Waals surface area contributed by atoms with Crippen molar-refractivity contribution in [2.45, 2.75) is 45.3 Å². The Hall–Kier alpha value is -1.61. The number of hydrogen-bond acceptors (Lipinski definition) is 3. The number of esters is 1. The highest BCUT2D eigenvalue weighted by atomic mass is 16.5. The molecule has 0 fully saturated rings. The maximum atomic E-state index is 11.8. The molecule has 0 radical (unpaired) electrons. The van der Waals surface area contributed by atoms with E-state index in [1.807, 2.05) is 32.1 Å². The number of allylic oxidation sites excluding steroid dienone is 2. The van der Waals surface area contributed by atoms with E-state index in [1.54, 1.807) is 12.2 Å². The van der Waals surface area contributed by atoms with Gasteiger partial charge in [-0.25, -0.2) is 0 Å². The van der Waals surface area contributed by atoms with E-state index in [-0.39, 0.29) is 23.9 Å². The number of ether oxygens (including phenoxy) is 1. The molecule has 4 atom stereocenters. The standard InChI is InChI=1S/C18H26O3/c1-5-16-11-6-8-13(2)12-17(19)21-15(4)10-7-9-14(3)18(16)20/h5-9,13,15-16,18,20H,1,3,10-12H2,2,4H3/b8-6+,9-7-/t13-,15?,16?,18?/m1/s1. The van der Waals surface area contributed by atoms with Gasteiger partial charge in [0, 0.05) is 12.3 Å². The van der Waals surface area contributed by atoms with E-state index in [2.05, 4.69) is 13.2 Å². The number of aliphatic hydroxyl groups excluding tert-OH is 1. The van der Waals surface area contributed by atoms with Crippen molar-refractivity contribution in [3.05, 3.63) is 49.1 Å². The SMILES string of the molecule is C=CC1C/C=C/[C@@H](C)CC(=O)OC(C)C/C=C\C(=C)C1O. The minimum atomic E-state index is -0.639. The molecule has 0 aromatic carbocycles. The second kappa shape index (κ2) is 8.63. The number of hydrogen-bond donors (Lipinski definition) is 1. The normalized spacial score (nSPS) is 35.4. The molecule has 1 N–H and O–H groups in total. The fourth-order valence-electron chi connectivity index (χ4n) is 2.26. The summed E-state index contributed by atoms with van der Waals surface area (Å²) in [5.41, 5.74) is 0.650. The van der Waals surface area contributed by atoms with Gasteiger partial charge in [0.2, 0.25) is 0 Å². The summed E-state index contributed by atoms with van der Waals surface area (Å²) in [4.78, 5) is 11.8. The second-order valence-electron chi connectivity index (χ2n) is 5.70. The number of carbonyl (C=O) groups is 1. The van der Waals surface area contributed by atoms with Gasteiger partial charge in [0.25, 0.3) is 0 Å². The highest BCUT2D eigenvalue weighted by Gasteiger charge is 2.17. The number of carbonyl (C=O) groups excluding carboxylic acids is 1. The van der Waals surface area contributed by atoms with Crippen molar-refractivity contribution in [3.8, 4) is 0 Å². The van der Waals surface area contributed by atoms with E-state index >= 15 is 0 Å². The molecule has 0 saturated carbocycles. The zero-order chi connectivity index (χ0) is 15.8. The summed E-state index contributed by atoms with van der Waals surface area (Å²) in [6.45, 7) is 11.5. The molecule has 0 aliphatic carbocycles. The lowest BCUT2D eigenvalue weighted by molar-refractivity contribution is -0.148. The van der Waals surface area contributed by atoms with Crippen molar-refractivity contribution >= 4 is 5.97 Å². The molecule has 3 unspecified atom stereocenters. The largest absolute Gasteiger partial charge is 0.462 e. The van der Waals surface area contributed by atoms with Crippen molar-refractivity contribution < 1.29 is 14.6 Å². The molecule has 1 rings (SSSR count). The Morgan fingerprint density at radius 2 is 2.05 bits per heavy atom. The molecule has 0 amide bonds. The maximum absolute atomic E-state index is 11.8. The summed E-state index contributed by atoms with van der Waals surface area (Å²) in [5, 5.41) is 10.3. The van der Waals surface area contributed by atoms with Crippen molar-refractivity contribution in [2.75, 3.05) is 0 Å². The second-order valence-corrected chi connectivity index (χ2v) is 5.70. The van der Waals surface area contributed by atoms with Crippen LogP contribution in [0.2, 0.25) is 0 Å². The third-order valence-corrected chi connectivity index (χ3v) is 3.58. The zero-order valence-corrected chi connectivity index (χ0v) is 13.0. The van der Waals surface area contributed by atoms with E-state index in [1.165, 1.54) is 0 Å². The minimum Gasteiger partial charge on any atom is -0.462 e. The maximum Gasteiger partial charge on any atom is 0.306 e. The van der Waals surface area contributed by atoms with Crippen LogP contribution < -0.4 is 0 Å². The lowest BCUT2D eigenvalue weighted by Gasteiger charge is -2.19. The van der Waals surface area contributed by atoms with Crippen molar-refractivity contribution in [3.63, 3.8) is 0 Å². The highest BCUT2D eigenvalue weighted by molar-refractivity contribution is 5.70. The molecule has 0 aromatic heterocycles. The first kappa shape index (κ1) is 17.4. The van der Waals surface area contributed by atoms with Crippen LogP contribution in [-0.4, -0.2) is 23.3 Å². The lowest BCUT2D eigenvalue weighted by atomic mass is 9.92. The molecular weight excluding hydrogens is 264 g/mol. The van der Waals surface area contributed by atoms with Crippen LogP contribution in [0.4, 0.5) is 0 Å². The molecule has 1 aliphatic heterocycles. The van der Waals surface area contributed by atoms with Crippen LogP contribution in [0.5, 0.6) is 0 Å². The molecule has 1 heterocycles. The van der Waals surface area contributed by atoms with Gasteiger partial charge in [-0.15, -0.1) is 6.58 Å². The van der Waals surface area contributed by atoms with Crippen LogP contribution >= 0.6 is 0 Å². The number of rotatable bonds is 1. The van der Waals surface area contributed by atoms with E-state index < -0.39 is 6.10 Å². The first-order valence-corrected chi connectivity index (χ1v) is 7.46. The summed E-state index contributed by atoms with van der Waals surface area (Å²) < 4.78 is 5.34. The Labute approximate surface area is 127 Å². The Balaban J connectivity index is 2.87. The fraction of sp³-hybridized carbons (Fsp3) is 0.500. The molecule has 0 spiro atoms. The third-order valence-electron chi connectivity index (χ3n) is 3.58. The highest BCUT2D eigenvalue weighted by Crippen LogP contribution is 2.20. The van der Waals surface area contributed by atoms with E-state index in [9.17, 15) is 9.90 Å². The van der Waals surface area contributed by atoms with Crippen LogP contribution in [0.15, 0.2) is 49.1 Å². The van der Waals surface area contributed by atoms with Gasteiger partial charge in [0.15, 0.2) is 0 Å². The first-order chi connectivity index (χ1) is 9.93. The van der Waals surface area contributed by atoms with Gasteiger partial charge in [-0.2, -0.15) is 0 Å². The average Bonchev–Trinajstić information content (AvgIpc) is 2.41. The molecule has 3 nitrogen and oxygen atoms in total. The average molecular weight is 290 g/mol. The Kier molecular flexibility index (Phi) is 7.17. The summed E-state index contributed by atoms with van der Waals surface area (Å²) in [6.07, 6.45) is 10.2. The molecular formula is C18H26O3. The predicted octanol–water partition coefficient (Wildman–Crippen LogP) is 3.57. The smallest absolute Gasteiger partial charge is 0.306 e. The van der Waals surface area contributed by atoms with Crippen LogP contribution in [0.1, 0.15) is 33.1 Å². The number of aliphatic hydroxyl groups is 1. The minimum absolute atomic E-state index is 0.0714. The van der Waals surface area contributed by atoms with E-state index in [0.717, 1.165) is 0 Å². The summed E-state index contributed by atoms with van der Waals surface area (Å²) in [7, 11) is 0. The molecule has 1 aliphatic rings. The number of cyclic esters (lactones) is 1. The Bertz CT molecular complexity index is 434. The fourth-order valence-corrected chi connectivity index (χ4v) is 2.26. The van der Waals surface area contributed by atoms with Gasteiger partial charge in [-0.05, 0) is 24.8 Å². The van der Waals surface area contributed by atoms with Gasteiger partial charge in [-0.3, -0.25) is 4.79 Å². The first-order valence-electron chi connectivity index (χ1n) is 7.46. The van der Waals surface area contributed by atoms with Crippen LogP contribution in [0.25, 0.3) is 0 Å². The quantitative estimate of drug-likeness (QED) is 0.593. The summed E-state index contributed by atoms with van der Waals surface area (Å²) in [6, 6.07) is 0. The van der Waals surface area contributed by atoms with Crippen LogP contribution in [0, 0.1) is 11.8 Å². The van der Waals surface area contributed by atoms with Gasteiger partial charge < -0.3 is 9.84 Å². The van der Waals surface area contributed by atoms with E-state index in [4.69, 9.17) is 4.74 Å². The van der Waals surface area contributed by atoms with Crippen LogP contribution in [0.3, 0.4) is 0 Å². The van der Waals surface area contributed by atoms with E-state index in [0.29, 0.717) is 24.8 Å². The van der Waals surface area contributed by atoms with Gasteiger partial charge >= 0.3 is 5.97 Å². The van der Waals surface area contributed by atoms with Crippen LogP contribution in [-0.2, 0) is 9.53 Å². The van der Waals surface area contributed by atoms with Gasteiger partial charge in [0.1, 0.15) is 6.10 Å². The molecule has 0 bridgehead atoms. The van der Waals surface area contributed by atoms with Gasteiger partial charge in [0.05, 0.1) is 12.5 Å².